The smallest absolute Gasteiger partial charge is 0.0898 e. The molecule has 4 heteroatoms. The normalized spacial score (nSPS) is 14.8. The van der Waals surface area contributed by atoms with E-state index in [1.807, 2.05) is 0 Å². The van der Waals surface area contributed by atoms with E-state index in [4.69, 9.17) is 0 Å². The van der Waals surface area contributed by atoms with Crippen LogP contribution in [0.1, 0.15) is 17.1 Å². The summed E-state index contributed by atoms with van der Waals surface area (Å²) in [5.41, 5.74) is 3.71. The molecule has 0 fully saturated rings. The fourth-order valence-corrected chi connectivity index (χ4v) is 2.96. The molecule has 1 aliphatic heterocycles. The fraction of sp³-hybridized carbons (Fsp3) is 0.357. The number of hydrogen-bond donors (Lipinski definition) is 1. The summed E-state index contributed by atoms with van der Waals surface area (Å²) >= 11 is 1.73. The van der Waals surface area contributed by atoms with Gasteiger partial charge in [0.1, 0.15) is 0 Å². The van der Waals surface area contributed by atoms with Crippen molar-refractivity contribution in [2.75, 3.05) is 23.3 Å². The van der Waals surface area contributed by atoms with Gasteiger partial charge < -0.3 is 10.2 Å². The number of benzene rings is 1. The van der Waals surface area contributed by atoms with Crippen molar-refractivity contribution in [1.82, 2.24) is 4.98 Å². The molecule has 18 heavy (non-hydrogen) atoms. The highest BCUT2D eigenvalue weighted by Gasteiger charge is 2.15. The highest BCUT2D eigenvalue weighted by atomic mass is 32.1. The van der Waals surface area contributed by atoms with Crippen molar-refractivity contribution in [3.8, 4) is 0 Å². The summed E-state index contributed by atoms with van der Waals surface area (Å²) in [4.78, 5) is 6.99. The van der Waals surface area contributed by atoms with Crippen LogP contribution in [-0.4, -0.2) is 18.1 Å². The average Bonchev–Trinajstić information content (AvgIpc) is 2.68. The third-order valence-electron chi connectivity index (χ3n) is 3.18. The molecule has 0 radical (unpaired) electrons. The highest BCUT2D eigenvalue weighted by molar-refractivity contribution is 7.09. The summed E-state index contributed by atoms with van der Waals surface area (Å²) in [7, 11) is 0. The summed E-state index contributed by atoms with van der Waals surface area (Å²) in [6, 6.07) is 8.53. The monoisotopic (exact) mass is 259 g/mol. The van der Waals surface area contributed by atoms with E-state index in [0.717, 1.165) is 31.1 Å². The average molecular weight is 259 g/mol. The van der Waals surface area contributed by atoms with Gasteiger partial charge >= 0.3 is 0 Å². The van der Waals surface area contributed by atoms with Crippen molar-refractivity contribution < 1.29 is 0 Å². The van der Waals surface area contributed by atoms with Crippen molar-refractivity contribution in [2.24, 2.45) is 0 Å². The van der Waals surface area contributed by atoms with Crippen LogP contribution in [0.3, 0.4) is 0 Å². The SMILES string of the molecule is Cc1nc(CN2CCCNc3ccccc32)cs1. The van der Waals surface area contributed by atoms with Crippen LogP contribution in [0.2, 0.25) is 0 Å². The Hall–Kier alpha value is -1.55. The number of para-hydroxylation sites is 2. The molecule has 94 valence electrons. The van der Waals surface area contributed by atoms with E-state index in [1.165, 1.54) is 17.1 Å². The van der Waals surface area contributed by atoms with E-state index in [1.54, 1.807) is 11.3 Å². The zero-order valence-electron chi connectivity index (χ0n) is 10.5. The predicted molar refractivity (Wildman–Crippen MR) is 77.4 cm³/mol. The first kappa shape index (κ1) is 11.5. The van der Waals surface area contributed by atoms with E-state index in [-0.39, 0.29) is 0 Å². The van der Waals surface area contributed by atoms with Gasteiger partial charge in [-0.05, 0) is 25.5 Å². The van der Waals surface area contributed by atoms with Crippen molar-refractivity contribution in [3.63, 3.8) is 0 Å². The van der Waals surface area contributed by atoms with Crippen molar-refractivity contribution in [3.05, 3.63) is 40.3 Å². The van der Waals surface area contributed by atoms with E-state index >= 15 is 0 Å². The second-order valence-corrected chi connectivity index (χ2v) is 5.64. The molecule has 1 aromatic carbocycles. The van der Waals surface area contributed by atoms with Crippen LogP contribution in [0.15, 0.2) is 29.6 Å². The van der Waals surface area contributed by atoms with Gasteiger partial charge in [0, 0.05) is 18.5 Å². The lowest BCUT2D eigenvalue weighted by Gasteiger charge is -2.23. The largest absolute Gasteiger partial charge is 0.383 e. The topological polar surface area (TPSA) is 28.2 Å². The van der Waals surface area contributed by atoms with Gasteiger partial charge in [-0.2, -0.15) is 0 Å². The number of fused-ring (bicyclic) bond motifs is 1. The summed E-state index contributed by atoms with van der Waals surface area (Å²) < 4.78 is 0. The fourth-order valence-electron chi connectivity index (χ4n) is 2.35. The predicted octanol–water partition coefficient (Wildman–Crippen LogP) is 3.27. The van der Waals surface area contributed by atoms with Crippen molar-refractivity contribution in [1.29, 1.82) is 0 Å². The maximum Gasteiger partial charge on any atom is 0.0898 e. The Morgan fingerprint density at radius 2 is 2.28 bits per heavy atom. The van der Waals surface area contributed by atoms with Gasteiger partial charge in [0.05, 0.1) is 28.6 Å². The zero-order valence-corrected chi connectivity index (χ0v) is 11.3. The molecular formula is C14H17N3S. The molecule has 0 aliphatic carbocycles. The van der Waals surface area contributed by atoms with Crippen LogP contribution in [0, 0.1) is 6.92 Å². The number of rotatable bonds is 2. The maximum atomic E-state index is 4.56. The van der Waals surface area contributed by atoms with Crippen LogP contribution in [0.5, 0.6) is 0 Å². The van der Waals surface area contributed by atoms with Crippen LogP contribution in [-0.2, 0) is 6.54 Å². The van der Waals surface area contributed by atoms with E-state index in [2.05, 4.69) is 51.8 Å². The maximum absolute atomic E-state index is 4.56. The molecule has 0 bridgehead atoms. The lowest BCUT2D eigenvalue weighted by molar-refractivity contribution is 0.754. The first-order valence-electron chi connectivity index (χ1n) is 6.32. The lowest BCUT2D eigenvalue weighted by Crippen LogP contribution is -2.23. The Balaban J connectivity index is 1.87. The quantitative estimate of drug-likeness (QED) is 0.897. The molecule has 0 spiro atoms. The molecular weight excluding hydrogens is 242 g/mol. The number of hydrogen-bond acceptors (Lipinski definition) is 4. The molecule has 0 unspecified atom stereocenters. The van der Waals surface area contributed by atoms with Gasteiger partial charge in [-0.15, -0.1) is 11.3 Å². The standard InChI is InChI=1S/C14H17N3S/c1-11-16-12(10-18-11)9-17-8-4-7-15-13-5-2-3-6-14(13)17/h2-3,5-6,10,15H,4,7-9H2,1H3. The second kappa shape index (κ2) is 4.98. The van der Waals surface area contributed by atoms with Crippen LogP contribution in [0.25, 0.3) is 0 Å². The summed E-state index contributed by atoms with van der Waals surface area (Å²) in [6.45, 7) is 5.10. The molecule has 2 aromatic rings. The Labute approximate surface area is 111 Å². The molecule has 3 nitrogen and oxygen atoms in total. The molecule has 1 aromatic heterocycles. The van der Waals surface area contributed by atoms with Crippen LogP contribution >= 0.6 is 11.3 Å². The molecule has 3 rings (SSSR count). The summed E-state index contributed by atoms with van der Waals surface area (Å²) in [5.74, 6) is 0. The Bertz CT molecular complexity index is 535. The van der Waals surface area contributed by atoms with Crippen molar-refractivity contribution >= 4 is 22.7 Å². The zero-order chi connectivity index (χ0) is 12.4. The number of anilines is 2. The Kier molecular flexibility index (Phi) is 3.19. The second-order valence-electron chi connectivity index (χ2n) is 4.58. The van der Waals surface area contributed by atoms with Gasteiger partial charge in [0.2, 0.25) is 0 Å². The van der Waals surface area contributed by atoms with Gasteiger partial charge in [-0.1, -0.05) is 12.1 Å². The third-order valence-corrected chi connectivity index (χ3v) is 4.01. The molecule has 1 N–H and O–H groups in total. The third kappa shape index (κ3) is 2.34. The molecule has 2 heterocycles. The molecule has 0 saturated heterocycles. The lowest BCUT2D eigenvalue weighted by atomic mass is 10.2. The van der Waals surface area contributed by atoms with Gasteiger partial charge in [-0.3, -0.25) is 0 Å². The minimum Gasteiger partial charge on any atom is -0.383 e. The van der Waals surface area contributed by atoms with Gasteiger partial charge in [-0.25, -0.2) is 4.98 Å². The van der Waals surface area contributed by atoms with Crippen LogP contribution in [0.4, 0.5) is 11.4 Å². The molecule has 0 saturated carbocycles. The van der Waals surface area contributed by atoms with Gasteiger partial charge in [0.25, 0.3) is 0 Å². The Morgan fingerprint density at radius 3 is 3.11 bits per heavy atom. The minimum atomic E-state index is 0.906. The minimum absolute atomic E-state index is 0.906. The summed E-state index contributed by atoms with van der Waals surface area (Å²) in [5, 5.41) is 6.79. The number of nitrogens with zero attached hydrogens (tertiary/aromatic N) is 2. The van der Waals surface area contributed by atoms with Crippen LogP contribution < -0.4 is 10.2 Å². The molecule has 1 aliphatic rings. The first-order chi connectivity index (χ1) is 8.83. The molecule has 0 amide bonds. The highest BCUT2D eigenvalue weighted by Crippen LogP contribution is 2.29. The number of nitrogens with one attached hydrogen (secondary N) is 1. The molecule has 0 atom stereocenters. The Morgan fingerprint density at radius 1 is 1.39 bits per heavy atom. The van der Waals surface area contributed by atoms with E-state index in [0.29, 0.717) is 0 Å². The van der Waals surface area contributed by atoms with E-state index in [9.17, 15) is 0 Å². The van der Waals surface area contributed by atoms with Gasteiger partial charge in [0.15, 0.2) is 0 Å². The number of aromatic nitrogens is 1. The summed E-state index contributed by atoms with van der Waals surface area (Å²) in [6.07, 6.45) is 1.16. The van der Waals surface area contributed by atoms with E-state index < -0.39 is 0 Å². The first-order valence-corrected chi connectivity index (χ1v) is 7.20. The number of thiazole rings is 1. The van der Waals surface area contributed by atoms with Crippen molar-refractivity contribution in [2.45, 2.75) is 19.9 Å². The number of aryl methyl sites for hydroxylation is 1.